The monoisotopic (exact) mass is 318 g/mol. The number of furan rings is 2. The van der Waals surface area contributed by atoms with Gasteiger partial charge >= 0.3 is 0 Å². The van der Waals surface area contributed by atoms with Gasteiger partial charge in [0.05, 0.1) is 12.5 Å². The van der Waals surface area contributed by atoms with E-state index < -0.39 is 0 Å². The molecule has 1 amide bonds. The Bertz CT molecular complexity index is 954. The van der Waals surface area contributed by atoms with Gasteiger partial charge in [-0.3, -0.25) is 9.78 Å². The first-order valence-corrected chi connectivity index (χ1v) is 7.53. The molecule has 0 spiro atoms. The fourth-order valence-electron chi connectivity index (χ4n) is 2.53. The fourth-order valence-corrected chi connectivity index (χ4v) is 2.53. The van der Waals surface area contributed by atoms with Crippen molar-refractivity contribution in [2.24, 2.45) is 0 Å². The lowest BCUT2D eigenvalue weighted by atomic mass is 10.1. The first-order valence-electron chi connectivity index (χ1n) is 7.53. The molecular formula is C19H14N2O3. The summed E-state index contributed by atoms with van der Waals surface area (Å²) in [5.74, 6) is 0.0510. The van der Waals surface area contributed by atoms with E-state index in [9.17, 15) is 4.79 Å². The molecule has 5 heteroatoms. The number of hydrogen-bond donors (Lipinski definition) is 1. The van der Waals surface area contributed by atoms with Gasteiger partial charge in [-0.2, -0.15) is 0 Å². The van der Waals surface area contributed by atoms with Gasteiger partial charge in [-0.15, -0.1) is 0 Å². The Kier molecular flexibility index (Phi) is 3.59. The average molecular weight is 318 g/mol. The molecule has 3 aromatic heterocycles. The maximum atomic E-state index is 12.3. The number of nitrogens with one attached hydrogen (secondary N) is 1. The van der Waals surface area contributed by atoms with Crippen LogP contribution in [0, 0.1) is 0 Å². The van der Waals surface area contributed by atoms with E-state index in [0.29, 0.717) is 17.9 Å². The molecule has 4 rings (SSSR count). The molecule has 118 valence electrons. The predicted molar refractivity (Wildman–Crippen MR) is 89.3 cm³/mol. The third-order valence-corrected chi connectivity index (χ3v) is 3.75. The molecule has 3 heterocycles. The molecule has 0 radical (unpaired) electrons. The zero-order chi connectivity index (χ0) is 16.4. The van der Waals surface area contributed by atoms with Crippen LogP contribution in [-0.2, 0) is 6.54 Å². The van der Waals surface area contributed by atoms with E-state index in [2.05, 4.69) is 10.3 Å². The van der Waals surface area contributed by atoms with Crippen molar-refractivity contribution >= 4 is 16.9 Å². The summed E-state index contributed by atoms with van der Waals surface area (Å²) >= 11 is 0. The zero-order valence-electron chi connectivity index (χ0n) is 12.7. The minimum absolute atomic E-state index is 0.250. The minimum atomic E-state index is -0.250. The van der Waals surface area contributed by atoms with Gasteiger partial charge in [0.25, 0.3) is 5.91 Å². The first kappa shape index (κ1) is 14.3. The molecule has 0 aliphatic rings. The summed E-state index contributed by atoms with van der Waals surface area (Å²) in [6.07, 6.45) is 6.76. The van der Waals surface area contributed by atoms with E-state index in [1.165, 1.54) is 0 Å². The molecule has 0 saturated carbocycles. The van der Waals surface area contributed by atoms with Crippen LogP contribution in [0.3, 0.4) is 0 Å². The lowest BCUT2D eigenvalue weighted by Gasteiger charge is -2.05. The van der Waals surface area contributed by atoms with Crippen LogP contribution in [0.2, 0.25) is 0 Å². The Labute approximate surface area is 137 Å². The molecule has 1 aromatic carbocycles. The van der Waals surface area contributed by atoms with Crippen molar-refractivity contribution in [3.05, 3.63) is 78.7 Å². The van der Waals surface area contributed by atoms with E-state index in [1.807, 2.05) is 36.4 Å². The summed E-state index contributed by atoms with van der Waals surface area (Å²) in [5, 5.41) is 3.76. The van der Waals surface area contributed by atoms with Crippen molar-refractivity contribution in [3.8, 4) is 11.1 Å². The highest BCUT2D eigenvalue weighted by atomic mass is 16.3. The molecule has 5 nitrogen and oxygen atoms in total. The van der Waals surface area contributed by atoms with Gasteiger partial charge in [-0.1, -0.05) is 18.2 Å². The van der Waals surface area contributed by atoms with E-state index >= 15 is 0 Å². The molecule has 0 aliphatic heterocycles. The van der Waals surface area contributed by atoms with Crippen LogP contribution in [0.5, 0.6) is 0 Å². The molecule has 0 unspecified atom stereocenters. The highest BCUT2D eigenvalue weighted by Gasteiger charge is 2.12. The normalized spacial score (nSPS) is 10.8. The highest BCUT2D eigenvalue weighted by molar-refractivity contribution is 5.96. The van der Waals surface area contributed by atoms with Crippen LogP contribution < -0.4 is 5.32 Å². The molecule has 24 heavy (non-hydrogen) atoms. The van der Waals surface area contributed by atoms with Crippen molar-refractivity contribution in [3.63, 3.8) is 0 Å². The fraction of sp³-hybridized carbons (Fsp3) is 0.0526. The summed E-state index contributed by atoms with van der Waals surface area (Å²) in [5.41, 5.74) is 3.50. The van der Waals surface area contributed by atoms with Crippen LogP contribution in [0.25, 0.3) is 22.1 Å². The molecule has 0 aliphatic carbocycles. The van der Waals surface area contributed by atoms with Gasteiger partial charge in [-0.25, -0.2) is 0 Å². The number of fused-ring (bicyclic) bond motifs is 1. The SMILES string of the molecule is O=C(NCc1cncc(-c2ccoc2)c1)c1cc2ccccc2o1. The number of rotatable bonds is 4. The van der Waals surface area contributed by atoms with Gasteiger partial charge < -0.3 is 14.2 Å². The summed E-state index contributed by atoms with van der Waals surface area (Å²) in [6, 6.07) is 13.1. The third kappa shape index (κ3) is 2.79. The van der Waals surface area contributed by atoms with Gasteiger partial charge in [0.15, 0.2) is 5.76 Å². The average Bonchev–Trinajstić information content (AvgIpc) is 3.29. The van der Waals surface area contributed by atoms with Gasteiger partial charge in [0, 0.05) is 35.5 Å². The van der Waals surface area contributed by atoms with Crippen LogP contribution in [0.4, 0.5) is 0 Å². The number of aromatic nitrogens is 1. The number of pyridine rings is 1. The number of nitrogens with zero attached hydrogens (tertiary/aromatic N) is 1. The molecular weight excluding hydrogens is 304 g/mol. The smallest absolute Gasteiger partial charge is 0.287 e. The second-order valence-electron chi connectivity index (χ2n) is 5.43. The van der Waals surface area contributed by atoms with E-state index in [4.69, 9.17) is 8.83 Å². The highest BCUT2D eigenvalue weighted by Crippen LogP contribution is 2.20. The molecule has 1 N–H and O–H groups in total. The number of amides is 1. The van der Waals surface area contributed by atoms with Crippen LogP contribution in [0.15, 0.2) is 76.2 Å². The number of hydrogen-bond acceptors (Lipinski definition) is 4. The Hall–Kier alpha value is -3.34. The second-order valence-corrected chi connectivity index (χ2v) is 5.43. The second kappa shape index (κ2) is 6.04. The van der Waals surface area contributed by atoms with Crippen LogP contribution >= 0.6 is 0 Å². The minimum Gasteiger partial charge on any atom is -0.472 e. The van der Waals surface area contributed by atoms with E-state index in [0.717, 1.165) is 22.1 Å². The Morgan fingerprint density at radius 3 is 2.83 bits per heavy atom. The summed E-state index contributed by atoms with van der Waals surface area (Å²) in [6.45, 7) is 0.370. The number of carbonyl (C=O) groups excluding carboxylic acids is 1. The van der Waals surface area contributed by atoms with Crippen molar-refractivity contribution < 1.29 is 13.6 Å². The lowest BCUT2D eigenvalue weighted by molar-refractivity contribution is 0.0925. The molecule has 0 fully saturated rings. The van der Waals surface area contributed by atoms with Crippen LogP contribution in [-0.4, -0.2) is 10.9 Å². The molecule has 0 bridgehead atoms. The Morgan fingerprint density at radius 2 is 2.00 bits per heavy atom. The largest absolute Gasteiger partial charge is 0.472 e. The molecule has 0 atom stereocenters. The third-order valence-electron chi connectivity index (χ3n) is 3.75. The summed E-state index contributed by atoms with van der Waals surface area (Å²) < 4.78 is 10.6. The standard InChI is InChI=1S/C19H14N2O3/c22-19(18-8-14-3-1-2-4-17(14)24-18)21-10-13-7-16(11-20-9-13)15-5-6-23-12-15/h1-9,11-12H,10H2,(H,21,22). The van der Waals surface area contributed by atoms with Crippen molar-refractivity contribution in [1.29, 1.82) is 0 Å². The van der Waals surface area contributed by atoms with Gasteiger partial charge in [0.1, 0.15) is 5.58 Å². The zero-order valence-corrected chi connectivity index (χ0v) is 12.7. The Balaban J connectivity index is 1.48. The number of carbonyl (C=O) groups is 1. The van der Waals surface area contributed by atoms with Crippen molar-refractivity contribution in [2.75, 3.05) is 0 Å². The quantitative estimate of drug-likeness (QED) is 0.617. The number of benzene rings is 1. The molecule has 0 saturated heterocycles. The Morgan fingerprint density at radius 1 is 1.08 bits per heavy atom. The van der Waals surface area contributed by atoms with Gasteiger partial charge in [-0.05, 0) is 29.8 Å². The topological polar surface area (TPSA) is 68.3 Å². The van der Waals surface area contributed by atoms with E-state index in [1.54, 1.807) is 31.0 Å². The lowest BCUT2D eigenvalue weighted by Crippen LogP contribution is -2.22. The maximum Gasteiger partial charge on any atom is 0.287 e. The van der Waals surface area contributed by atoms with Gasteiger partial charge in [0.2, 0.25) is 0 Å². The van der Waals surface area contributed by atoms with Crippen molar-refractivity contribution in [1.82, 2.24) is 10.3 Å². The number of para-hydroxylation sites is 1. The maximum absolute atomic E-state index is 12.3. The van der Waals surface area contributed by atoms with Crippen molar-refractivity contribution in [2.45, 2.75) is 6.54 Å². The van der Waals surface area contributed by atoms with E-state index in [-0.39, 0.29) is 5.91 Å². The predicted octanol–water partition coefficient (Wildman–Crippen LogP) is 4.02. The first-order chi connectivity index (χ1) is 11.8. The molecule has 4 aromatic rings. The summed E-state index contributed by atoms with van der Waals surface area (Å²) in [7, 11) is 0. The summed E-state index contributed by atoms with van der Waals surface area (Å²) in [4.78, 5) is 16.5. The van der Waals surface area contributed by atoms with Crippen LogP contribution in [0.1, 0.15) is 16.1 Å².